The maximum Gasteiger partial charge on any atom is 1.00 e. The predicted molar refractivity (Wildman–Crippen MR) is 288 cm³/mol. The zero-order chi connectivity index (χ0) is 50.8. The minimum absolute atomic E-state index is 0. The SMILES string of the molecule is CC(C)[C@@H]1CC[C@@H](C)C[C@@H]1O.CC(C)[C@@H]1CC[C@@H](C)C[C@@H]1OCC(O)CCl.CC(C)[C@@H]1CC[C@@H](C)C[C@@H]1OCC(O)CO.CC(C)[C@@H]1CC[C@@H](C)C[C@@H]1OCC1CO1.ClCC1CO1.[Cl][Al]([Cl])[Cl].[Na+].[Na+].[OH-].[OH-]. The Hall–Kier alpha value is 3.54. The second-order valence-electron chi connectivity index (χ2n) is 22.4. The molecule has 2 heterocycles. The molecule has 0 radical (unpaired) electrons. The summed E-state index contributed by atoms with van der Waals surface area (Å²) in [6.07, 6.45) is 15.4. The third kappa shape index (κ3) is 38.8. The fourth-order valence-corrected chi connectivity index (χ4v) is 10.5. The molecular weight excluding hydrogens is 1050 g/mol. The van der Waals surface area contributed by atoms with Crippen molar-refractivity contribution in [3.8, 4) is 0 Å². The van der Waals surface area contributed by atoms with E-state index in [2.05, 4.69) is 83.1 Å². The zero-order valence-electron chi connectivity index (χ0n) is 46.9. The van der Waals surface area contributed by atoms with Gasteiger partial charge >= 0.3 is 70.5 Å². The van der Waals surface area contributed by atoms with E-state index in [9.17, 15) is 15.3 Å². The van der Waals surface area contributed by atoms with E-state index in [1.807, 2.05) is 0 Å². The molecule has 2 saturated heterocycles. The van der Waals surface area contributed by atoms with Gasteiger partial charge in [0.05, 0.1) is 88.0 Å². The van der Waals surface area contributed by atoms with Gasteiger partial charge in [-0.2, -0.15) is 0 Å². The Kier molecular flexibility index (Phi) is 52.7. The number of alkyl halides is 2. The van der Waals surface area contributed by atoms with Crippen LogP contribution in [0.3, 0.4) is 0 Å². The number of aliphatic hydroxyl groups is 4. The van der Waals surface area contributed by atoms with E-state index in [4.69, 9.17) is 82.1 Å². The molecule has 6 N–H and O–H groups in total. The van der Waals surface area contributed by atoms with E-state index < -0.39 is 23.6 Å². The summed E-state index contributed by atoms with van der Waals surface area (Å²) < 4.78 is 27.6. The van der Waals surface area contributed by atoms with E-state index in [0.717, 1.165) is 68.7 Å². The molecule has 6 fully saturated rings. The Labute approximate surface area is 505 Å². The van der Waals surface area contributed by atoms with Crippen molar-refractivity contribution in [1.29, 1.82) is 0 Å². The Morgan fingerprint density at radius 1 is 0.521 bits per heavy atom. The molecule has 0 aromatic rings. The number of epoxide rings is 2. The third-order valence-electron chi connectivity index (χ3n) is 14.7. The molecule has 4 aliphatic carbocycles. The second-order valence-corrected chi connectivity index (χ2v) is 29.5. The second kappa shape index (κ2) is 46.2. The molecule has 0 aromatic heterocycles. The number of ether oxygens (including phenoxy) is 5. The van der Waals surface area contributed by atoms with Gasteiger partial charge in [-0.15, -0.1) is 23.2 Å². The van der Waals surface area contributed by atoms with Crippen molar-refractivity contribution in [1.82, 2.24) is 0 Å². The van der Waals surface area contributed by atoms with Crippen molar-refractivity contribution in [2.45, 2.75) is 209 Å². The van der Waals surface area contributed by atoms with Gasteiger partial charge in [-0.3, -0.25) is 0 Å². The summed E-state index contributed by atoms with van der Waals surface area (Å²) in [6.45, 7) is 30.2. The summed E-state index contributed by atoms with van der Waals surface area (Å²) in [5, 5.41) is 37.2. The maximum absolute atomic E-state index is 9.71. The third-order valence-corrected chi connectivity index (χ3v) is 15.4. The van der Waals surface area contributed by atoms with Crippen molar-refractivity contribution < 1.29 is 114 Å². The standard InChI is InChI=1S/C13H25ClO2.C13H26O3.C13H24O2.C10H20O.C3H5ClO.Al.3ClH.2Na.2H2O/c2*1-9(2)12-5-4-10(3)6-13(12)16-8-11(15)7-14;1-9(2)12-5-4-10(3)6-13(12)15-8-11-7-14-11;1-7(2)9-5-4-8(3)6-10(9)11;4-1-3-2-5-3;;;;;;;;/h9-13,15H,4-8H2,1-3H3;9-15H,4-8H2,1-3H3;9-13H,4-8H2,1-3H3;7-11H,4-6H2,1-3H3;3H,1-2H2;;3*1H;;;2*1H2/q;;;;;+3;;;;2*+1;;/p-5/t3*10-,11?,12+,13+;8-,9+,10+;;;;;;;;;/m1111........./s1. The Morgan fingerprint density at radius 2 is 0.831 bits per heavy atom. The monoisotopic (exact) mass is 1150 g/mol. The van der Waals surface area contributed by atoms with Gasteiger partial charge in [0.2, 0.25) is 0 Å². The van der Waals surface area contributed by atoms with Gasteiger partial charge in [0, 0.05) is 0 Å². The Balaban J connectivity index is -0.000000392. The molecule has 416 valence electrons. The Morgan fingerprint density at radius 3 is 1.10 bits per heavy atom. The van der Waals surface area contributed by atoms with Crippen molar-refractivity contribution >= 4 is 64.7 Å². The molecule has 0 amide bonds. The average Bonchev–Trinajstić information content (AvgIpc) is 4.20. The van der Waals surface area contributed by atoms with Crippen LogP contribution >= 0.6 is 53.3 Å². The topological polar surface area (TPSA) is 194 Å². The van der Waals surface area contributed by atoms with E-state index in [1.54, 1.807) is 0 Å². The first-order valence-electron chi connectivity index (χ1n) is 26.3. The zero-order valence-corrected chi connectivity index (χ0v) is 55.8. The first kappa shape index (κ1) is 81.0. The fourth-order valence-electron chi connectivity index (χ4n) is 10.2. The van der Waals surface area contributed by atoms with Crippen LogP contribution in [0.5, 0.6) is 0 Å². The van der Waals surface area contributed by atoms with E-state index >= 15 is 0 Å². The van der Waals surface area contributed by atoms with Crippen molar-refractivity contribution in [3.63, 3.8) is 0 Å². The molecular formula is C52H102AlCl5Na2O11. The summed E-state index contributed by atoms with van der Waals surface area (Å²) in [7, 11) is 14.8. The van der Waals surface area contributed by atoms with Crippen LogP contribution in [0.1, 0.15) is 160 Å². The van der Waals surface area contributed by atoms with Gasteiger partial charge in [0.15, 0.2) is 0 Å². The van der Waals surface area contributed by atoms with E-state index in [-0.39, 0.29) is 101 Å². The fraction of sp³-hybridized carbons (Fsp3) is 1.00. The maximum atomic E-state index is 9.71. The van der Waals surface area contributed by atoms with Crippen LogP contribution in [0.15, 0.2) is 0 Å². The minimum Gasteiger partial charge on any atom is -0.870 e. The average molecular weight is 1150 g/mol. The number of aliphatic hydroxyl groups excluding tert-OH is 4. The molecule has 0 spiro atoms. The molecule has 71 heavy (non-hydrogen) atoms. The van der Waals surface area contributed by atoms with Gasteiger partial charge < -0.3 is 55.1 Å². The summed E-state index contributed by atoms with van der Waals surface area (Å²) in [5.74, 6) is 9.21. The van der Waals surface area contributed by atoms with Crippen LogP contribution in [0, 0.1) is 71.0 Å². The largest absolute Gasteiger partial charge is 1.00 e. The molecule has 0 bridgehead atoms. The van der Waals surface area contributed by atoms with Gasteiger partial charge in [0.25, 0.3) is 0 Å². The van der Waals surface area contributed by atoms with Gasteiger partial charge in [-0.1, -0.05) is 109 Å². The summed E-state index contributed by atoms with van der Waals surface area (Å²) >= 11 is 9.12. The molecule has 4 saturated carbocycles. The van der Waals surface area contributed by atoms with Crippen molar-refractivity contribution in [2.75, 3.05) is 51.4 Å². The normalized spacial score (nSPS) is 32.4. The molecule has 16 atom stereocenters. The molecule has 11 nitrogen and oxygen atoms in total. The minimum atomic E-state index is -1.72. The van der Waals surface area contributed by atoms with Crippen LogP contribution < -0.4 is 59.1 Å². The van der Waals surface area contributed by atoms with Crippen LogP contribution in [0.4, 0.5) is 0 Å². The first-order valence-corrected chi connectivity index (χ1v) is 32.6. The molecule has 4 unspecified atom stereocenters. The molecule has 6 rings (SSSR count). The summed E-state index contributed by atoms with van der Waals surface area (Å²) in [4.78, 5) is 0. The van der Waals surface area contributed by atoms with Crippen LogP contribution in [0.25, 0.3) is 0 Å². The molecule has 6 aliphatic rings. The molecule has 0 aromatic carbocycles. The van der Waals surface area contributed by atoms with Crippen LogP contribution in [-0.4, -0.2) is 143 Å². The molecule has 19 heteroatoms. The van der Waals surface area contributed by atoms with Crippen LogP contribution in [-0.2, 0) is 23.7 Å². The number of hydrogen-bond donors (Lipinski definition) is 4. The first-order chi connectivity index (χ1) is 31.5. The van der Waals surface area contributed by atoms with Gasteiger partial charge in [-0.25, -0.2) is 30.1 Å². The van der Waals surface area contributed by atoms with Gasteiger partial charge in [0.1, 0.15) is 12.2 Å². The van der Waals surface area contributed by atoms with Gasteiger partial charge in [-0.05, 0) is 122 Å². The van der Waals surface area contributed by atoms with Crippen LogP contribution in [0.2, 0.25) is 0 Å². The number of hydrogen-bond acceptors (Lipinski definition) is 11. The number of halogens is 5. The van der Waals surface area contributed by atoms with Crippen molar-refractivity contribution in [3.05, 3.63) is 0 Å². The quantitative estimate of drug-likeness (QED) is 0.0788. The smallest absolute Gasteiger partial charge is 0.870 e. The Bertz CT molecular complexity index is 1160. The summed E-state index contributed by atoms with van der Waals surface area (Å²) in [6, 6.07) is 0. The predicted octanol–water partition coefficient (Wildman–Crippen LogP) is 6.15. The summed E-state index contributed by atoms with van der Waals surface area (Å²) in [5.41, 5.74) is 0. The molecule has 2 aliphatic heterocycles. The van der Waals surface area contributed by atoms with E-state index in [1.165, 1.54) is 57.8 Å². The number of rotatable bonds is 16. The van der Waals surface area contributed by atoms with Crippen molar-refractivity contribution in [2.24, 2.45) is 71.0 Å². The van der Waals surface area contributed by atoms with E-state index in [0.29, 0.717) is 78.3 Å².